The molecule has 0 saturated carbocycles. The summed E-state index contributed by atoms with van der Waals surface area (Å²) in [7, 11) is 1.61. The number of nitrogens with zero attached hydrogens (tertiary/aromatic N) is 2. The van der Waals surface area contributed by atoms with Crippen LogP contribution in [0.2, 0.25) is 0 Å². The molecule has 1 aromatic heterocycles. The van der Waals surface area contributed by atoms with E-state index in [4.69, 9.17) is 0 Å². The molecule has 0 aromatic carbocycles. The maximum absolute atomic E-state index is 4.02. The molecule has 0 fully saturated rings. The molecular weight excluding hydrogens is 259 g/mol. The molecule has 10 heavy (non-hydrogen) atoms. The maximum atomic E-state index is 4.02. The lowest BCUT2D eigenvalue weighted by Gasteiger charge is -1.84. The van der Waals surface area contributed by atoms with Crippen LogP contribution >= 0.6 is 30.3 Å². The summed E-state index contributed by atoms with van der Waals surface area (Å²) in [6, 6.07) is 0. The van der Waals surface area contributed by atoms with Gasteiger partial charge in [-0.15, -0.1) is 0 Å². The summed E-state index contributed by atoms with van der Waals surface area (Å²) in [6.07, 6.45) is 3.78. The van der Waals surface area contributed by atoms with E-state index in [1.54, 1.807) is 15.4 Å². The van der Waals surface area contributed by atoms with Crippen LogP contribution in [0.3, 0.4) is 0 Å². The fourth-order valence-electron chi connectivity index (χ4n) is 0.437. The number of halogens is 1. The molecule has 58 valence electrons. The average molecular weight is 270 g/mol. The zero-order valence-corrected chi connectivity index (χ0v) is 9.31. The quantitative estimate of drug-likeness (QED) is 0.730. The van der Waals surface area contributed by atoms with Gasteiger partial charge in [0, 0.05) is 36.5 Å². The van der Waals surface area contributed by atoms with Gasteiger partial charge in [-0.2, -0.15) is 0 Å². The Bertz CT molecular complexity index is 176. The van der Waals surface area contributed by atoms with E-state index in [9.17, 15) is 0 Å². The number of aryl methyl sites for hydroxylation is 1. The Hall–Kier alpha value is 0.290. The molecule has 0 atom stereocenters. The Morgan fingerprint density at radius 3 is 2.40 bits per heavy atom. The molecule has 2 nitrogen and oxygen atoms in total. The van der Waals surface area contributed by atoms with Gasteiger partial charge in [-0.05, 0) is 6.92 Å². The molecular formula is C6H11IN2S. The number of rotatable bonds is 1. The minimum atomic E-state index is 1.06. The van der Waals surface area contributed by atoms with E-state index in [1.807, 2.05) is 30.9 Å². The van der Waals surface area contributed by atoms with Crippen molar-refractivity contribution in [3.05, 3.63) is 18.2 Å². The Morgan fingerprint density at radius 1 is 1.60 bits per heavy atom. The predicted molar refractivity (Wildman–Crippen MR) is 55.3 cm³/mol. The lowest BCUT2D eigenvalue weighted by Crippen LogP contribution is -1.70. The molecule has 0 unspecified atom stereocenters. The molecule has 0 saturated heterocycles. The molecule has 1 aromatic rings. The van der Waals surface area contributed by atoms with Crippen LogP contribution in [0.4, 0.5) is 0 Å². The second-order valence-corrected chi connectivity index (χ2v) is 3.19. The molecule has 0 N–H and O–H groups in total. The normalized spacial score (nSPS) is 8.40. The topological polar surface area (TPSA) is 17.8 Å². The van der Waals surface area contributed by atoms with Crippen molar-refractivity contribution in [2.75, 3.05) is 0 Å². The highest BCUT2D eigenvalue weighted by Crippen LogP contribution is 2.13. The van der Waals surface area contributed by atoms with E-state index in [1.165, 1.54) is 0 Å². The lowest BCUT2D eigenvalue weighted by molar-refractivity contribution is 1.23. The van der Waals surface area contributed by atoms with Crippen molar-refractivity contribution >= 4 is 30.3 Å². The number of aromatic nitrogens is 2. The van der Waals surface area contributed by atoms with Crippen molar-refractivity contribution in [3.63, 3.8) is 0 Å². The number of hydrogen-bond acceptors (Lipinski definition) is 2. The SMILES string of the molecule is CC.Cc1cn(SI)cn1. The minimum absolute atomic E-state index is 1.06. The third kappa shape index (κ3) is 3.46. The van der Waals surface area contributed by atoms with Crippen molar-refractivity contribution in [1.29, 1.82) is 0 Å². The number of imidazole rings is 1. The summed E-state index contributed by atoms with van der Waals surface area (Å²) < 4.78 is 1.95. The maximum Gasteiger partial charge on any atom is 0.106 e. The molecule has 0 radical (unpaired) electrons. The van der Waals surface area contributed by atoms with E-state index in [0.29, 0.717) is 0 Å². The third-order valence-electron chi connectivity index (χ3n) is 0.769. The van der Waals surface area contributed by atoms with Crippen molar-refractivity contribution < 1.29 is 0 Å². The first kappa shape index (κ1) is 10.3. The van der Waals surface area contributed by atoms with Crippen LogP contribution in [0.1, 0.15) is 19.5 Å². The highest BCUT2D eigenvalue weighted by molar-refractivity contribution is 14.2. The van der Waals surface area contributed by atoms with Crippen LogP contribution < -0.4 is 0 Å². The van der Waals surface area contributed by atoms with Crippen LogP contribution in [0, 0.1) is 6.92 Å². The monoisotopic (exact) mass is 270 g/mol. The summed E-state index contributed by atoms with van der Waals surface area (Å²) in [5, 5.41) is 0. The molecule has 0 aliphatic carbocycles. The van der Waals surface area contributed by atoms with Gasteiger partial charge in [0.15, 0.2) is 0 Å². The molecule has 1 heterocycles. The molecule has 4 heteroatoms. The van der Waals surface area contributed by atoms with E-state index in [0.717, 1.165) is 5.69 Å². The molecule has 0 bridgehead atoms. The van der Waals surface area contributed by atoms with Crippen LogP contribution in [0.15, 0.2) is 12.5 Å². The summed E-state index contributed by atoms with van der Waals surface area (Å²) in [6.45, 7) is 5.98. The predicted octanol–water partition coefficient (Wildman–Crippen LogP) is 3.06. The Kier molecular flexibility index (Phi) is 6.20. The summed E-state index contributed by atoms with van der Waals surface area (Å²) in [5.41, 5.74) is 1.06. The first-order valence-electron chi connectivity index (χ1n) is 3.12. The first-order valence-corrected chi connectivity index (χ1v) is 6.44. The lowest BCUT2D eigenvalue weighted by atomic mass is 10.6. The van der Waals surface area contributed by atoms with Crippen molar-refractivity contribution in [2.45, 2.75) is 20.8 Å². The highest BCUT2D eigenvalue weighted by Gasteiger charge is 1.87. The van der Waals surface area contributed by atoms with Gasteiger partial charge >= 0.3 is 0 Å². The van der Waals surface area contributed by atoms with Crippen LogP contribution in [-0.2, 0) is 0 Å². The zero-order valence-electron chi connectivity index (χ0n) is 6.34. The minimum Gasteiger partial charge on any atom is -0.271 e. The fourth-order valence-corrected chi connectivity index (χ4v) is 1.36. The van der Waals surface area contributed by atoms with Gasteiger partial charge in [0.2, 0.25) is 0 Å². The number of hydrogen-bond donors (Lipinski definition) is 0. The Balaban J connectivity index is 0.000000371. The van der Waals surface area contributed by atoms with E-state index >= 15 is 0 Å². The second-order valence-electron chi connectivity index (χ2n) is 1.44. The first-order chi connectivity index (χ1) is 4.83. The zero-order chi connectivity index (χ0) is 7.98. The molecule has 0 spiro atoms. The Morgan fingerprint density at radius 2 is 2.20 bits per heavy atom. The van der Waals surface area contributed by atoms with Crippen molar-refractivity contribution in [2.24, 2.45) is 0 Å². The van der Waals surface area contributed by atoms with Crippen LogP contribution in [0.25, 0.3) is 0 Å². The van der Waals surface area contributed by atoms with Gasteiger partial charge < -0.3 is 0 Å². The highest BCUT2D eigenvalue weighted by atomic mass is 127. The third-order valence-corrected chi connectivity index (χ3v) is 2.49. The van der Waals surface area contributed by atoms with Gasteiger partial charge in [-0.3, -0.25) is 3.97 Å². The van der Waals surface area contributed by atoms with Crippen LogP contribution in [0.5, 0.6) is 0 Å². The van der Waals surface area contributed by atoms with Gasteiger partial charge in [-0.25, -0.2) is 4.98 Å². The van der Waals surface area contributed by atoms with E-state index < -0.39 is 0 Å². The summed E-state index contributed by atoms with van der Waals surface area (Å²) >= 11 is 2.21. The average Bonchev–Trinajstić information content (AvgIpc) is 2.40. The summed E-state index contributed by atoms with van der Waals surface area (Å²) in [4.78, 5) is 4.02. The smallest absolute Gasteiger partial charge is 0.106 e. The molecule has 0 amide bonds. The van der Waals surface area contributed by atoms with Gasteiger partial charge in [0.25, 0.3) is 0 Å². The molecule has 0 aliphatic rings. The van der Waals surface area contributed by atoms with Crippen molar-refractivity contribution in [3.8, 4) is 0 Å². The van der Waals surface area contributed by atoms with E-state index in [-0.39, 0.29) is 0 Å². The van der Waals surface area contributed by atoms with Gasteiger partial charge in [0.05, 0.1) is 5.69 Å². The second kappa shape index (κ2) is 6.03. The standard InChI is InChI=1S/C4H5IN2S.C2H6/c1-4-2-7(8-5)3-6-4;1-2/h2-3H,1H3;1-2H3. The van der Waals surface area contributed by atoms with Crippen LogP contribution in [-0.4, -0.2) is 8.96 Å². The Labute approximate surface area is 78.1 Å². The largest absolute Gasteiger partial charge is 0.271 e. The van der Waals surface area contributed by atoms with E-state index in [2.05, 4.69) is 26.2 Å². The molecule has 0 aliphatic heterocycles. The molecule has 1 rings (SSSR count). The summed E-state index contributed by atoms with van der Waals surface area (Å²) in [5.74, 6) is 0. The van der Waals surface area contributed by atoms with Gasteiger partial charge in [0.1, 0.15) is 6.33 Å². The fraction of sp³-hybridized carbons (Fsp3) is 0.500. The van der Waals surface area contributed by atoms with Crippen molar-refractivity contribution in [1.82, 2.24) is 8.96 Å². The van der Waals surface area contributed by atoms with Gasteiger partial charge in [-0.1, -0.05) is 13.8 Å².